The second-order valence-electron chi connectivity index (χ2n) is 4.16. The summed E-state index contributed by atoms with van der Waals surface area (Å²) >= 11 is 8.08. The summed E-state index contributed by atoms with van der Waals surface area (Å²) in [5.41, 5.74) is 1.24. The molecule has 0 aliphatic rings. The third-order valence-electron chi connectivity index (χ3n) is 2.89. The van der Waals surface area contributed by atoms with Crippen molar-refractivity contribution < 1.29 is 8.78 Å². The van der Waals surface area contributed by atoms with Crippen molar-refractivity contribution in [2.75, 3.05) is 0 Å². The standard InChI is InChI=1S/C14H6ClF2IN2/c15-14-10-6-12(17)11(16)5-9(10)13(19-20-14)7-1-3-8(18)4-2-7/h1-6H. The first-order valence-electron chi connectivity index (χ1n) is 5.63. The molecular weight excluding hydrogens is 397 g/mol. The lowest BCUT2D eigenvalue weighted by atomic mass is 10.1. The molecule has 0 unspecified atom stereocenters. The fraction of sp³-hybridized carbons (Fsp3) is 0. The van der Waals surface area contributed by atoms with Crippen molar-refractivity contribution >= 4 is 45.0 Å². The molecule has 0 atom stereocenters. The van der Waals surface area contributed by atoms with Crippen molar-refractivity contribution in [3.63, 3.8) is 0 Å². The molecule has 2 aromatic carbocycles. The highest BCUT2D eigenvalue weighted by atomic mass is 127. The average Bonchev–Trinajstić information content (AvgIpc) is 2.43. The number of benzene rings is 2. The second-order valence-corrected chi connectivity index (χ2v) is 5.76. The zero-order valence-corrected chi connectivity index (χ0v) is 12.8. The summed E-state index contributed by atoms with van der Waals surface area (Å²) < 4.78 is 27.9. The van der Waals surface area contributed by atoms with Crippen LogP contribution in [-0.2, 0) is 0 Å². The van der Waals surface area contributed by atoms with Crippen LogP contribution in [0.5, 0.6) is 0 Å². The zero-order chi connectivity index (χ0) is 14.3. The van der Waals surface area contributed by atoms with Crippen LogP contribution in [0.2, 0.25) is 5.15 Å². The van der Waals surface area contributed by atoms with E-state index in [0.29, 0.717) is 16.5 Å². The molecule has 20 heavy (non-hydrogen) atoms. The molecule has 0 aliphatic carbocycles. The van der Waals surface area contributed by atoms with Gasteiger partial charge in [-0.3, -0.25) is 0 Å². The van der Waals surface area contributed by atoms with Crippen molar-refractivity contribution in [1.29, 1.82) is 0 Å². The van der Waals surface area contributed by atoms with E-state index in [-0.39, 0.29) is 5.15 Å². The molecule has 0 spiro atoms. The van der Waals surface area contributed by atoms with Gasteiger partial charge in [0, 0.05) is 19.9 Å². The van der Waals surface area contributed by atoms with Crippen molar-refractivity contribution in [2.24, 2.45) is 0 Å². The second kappa shape index (κ2) is 5.21. The van der Waals surface area contributed by atoms with Crippen LogP contribution in [0.1, 0.15) is 0 Å². The summed E-state index contributed by atoms with van der Waals surface area (Å²) in [6, 6.07) is 9.63. The van der Waals surface area contributed by atoms with Gasteiger partial charge in [-0.05, 0) is 46.9 Å². The molecular formula is C14H6ClF2IN2. The molecule has 2 nitrogen and oxygen atoms in total. The van der Waals surface area contributed by atoms with E-state index in [1.165, 1.54) is 0 Å². The smallest absolute Gasteiger partial charge is 0.159 e. The Morgan fingerprint density at radius 1 is 0.900 bits per heavy atom. The molecule has 0 amide bonds. The van der Waals surface area contributed by atoms with Crippen LogP contribution in [0.15, 0.2) is 36.4 Å². The maximum absolute atomic E-state index is 13.5. The van der Waals surface area contributed by atoms with Gasteiger partial charge in [-0.1, -0.05) is 23.7 Å². The van der Waals surface area contributed by atoms with Gasteiger partial charge < -0.3 is 0 Å². The highest BCUT2D eigenvalue weighted by Gasteiger charge is 2.13. The molecule has 0 saturated heterocycles. The number of rotatable bonds is 1. The zero-order valence-electron chi connectivity index (χ0n) is 9.87. The third-order valence-corrected chi connectivity index (χ3v) is 3.89. The monoisotopic (exact) mass is 402 g/mol. The van der Waals surface area contributed by atoms with E-state index in [4.69, 9.17) is 11.6 Å². The molecule has 0 radical (unpaired) electrons. The van der Waals surface area contributed by atoms with Gasteiger partial charge in [0.2, 0.25) is 0 Å². The van der Waals surface area contributed by atoms with Crippen LogP contribution in [-0.4, -0.2) is 10.2 Å². The molecule has 3 rings (SSSR count). The Hall–Kier alpha value is -1.34. The number of fused-ring (bicyclic) bond motifs is 1. The van der Waals surface area contributed by atoms with Crippen LogP contribution in [0.3, 0.4) is 0 Å². The molecule has 0 bridgehead atoms. The summed E-state index contributed by atoms with van der Waals surface area (Å²) in [5, 5.41) is 8.63. The lowest BCUT2D eigenvalue weighted by molar-refractivity contribution is 0.511. The average molecular weight is 403 g/mol. The number of aromatic nitrogens is 2. The van der Waals surface area contributed by atoms with Crippen molar-refractivity contribution in [3.05, 3.63) is 56.8 Å². The maximum Gasteiger partial charge on any atom is 0.159 e. The fourth-order valence-corrected chi connectivity index (χ4v) is 2.49. The van der Waals surface area contributed by atoms with Crippen molar-refractivity contribution in [2.45, 2.75) is 0 Å². The lowest BCUT2D eigenvalue weighted by Crippen LogP contribution is -1.94. The summed E-state index contributed by atoms with van der Waals surface area (Å²) in [7, 11) is 0. The van der Waals surface area contributed by atoms with Gasteiger partial charge in [0.25, 0.3) is 0 Å². The van der Waals surface area contributed by atoms with Crippen LogP contribution in [0.25, 0.3) is 22.0 Å². The SMILES string of the molecule is Fc1cc2c(Cl)nnc(-c3ccc(I)cc3)c2cc1F. The number of hydrogen-bond donors (Lipinski definition) is 0. The number of hydrogen-bond acceptors (Lipinski definition) is 2. The molecule has 3 aromatic rings. The van der Waals surface area contributed by atoms with Gasteiger partial charge in [-0.15, -0.1) is 10.2 Å². The number of halogens is 4. The fourth-order valence-electron chi connectivity index (χ4n) is 1.94. The van der Waals surface area contributed by atoms with Gasteiger partial charge in [0.1, 0.15) is 5.69 Å². The van der Waals surface area contributed by atoms with Crippen LogP contribution in [0.4, 0.5) is 8.78 Å². The Morgan fingerprint density at radius 2 is 1.50 bits per heavy atom. The van der Waals surface area contributed by atoms with Gasteiger partial charge in [-0.25, -0.2) is 8.78 Å². The minimum atomic E-state index is -0.957. The maximum atomic E-state index is 13.5. The molecule has 0 N–H and O–H groups in total. The highest BCUT2D eigenvalue weighted by molar-refractivity contribution is 14.1. The third kappa shape index (κ3) is 2.35. The van der Waals surface area contributed by atoms with Gasteiger partial charge in [0.05, 0.1) is 0 Å². The molecule has 0 saturated carbocycles. The predicted octanol–water partition coefficient (Wildman–Crippen LogP) is 4.83. The molecule has 6 heteroatoms. The topological polar surface area (TPSA) is 25.8 Å². The Balaban J connectivity index is 2.34. The molecule has 0 aliphatic heterocycles. The summed E-state index contributed by atoms with van der Waals surface area (Å²) in [4.78, 5) is 0. The minimum absolute atomic E-state index is 0.0492. The normalized spacial score (nSPS) is 11.0. The summed E-state index contributed by atoms with van der Waals surface area (Å²) in [6.07, 6.45) is 0. The van der Waals surface area contributed by atoms with E-state index in [0.717, 1.165) is 21.3 Å². The summed E-state index contributed by atoms with van der Waals surface area (Å²) in [6.45, 7) is 0. The van der Waals surface area contributed by atoms with E-state index in [1.807, 2.05) is 24.3 Å². The lowest BCUT2D eigenvalue weighted by Gasteiger charge is -2.07. The van der Waals surface area contributed by atoms with Gasteiger partial charge in [0.15, 0.2) is 16.8 Å². The highest BCUT2D eigenvalue weighted by Crippen LogP contribution is 2.31. The Kier molecular flexibility index (Phi) is 3.55. The Bertz CT molecular complexity index is 806. The number of nitrogens with zero attached hydrogens (tertiary/aromatic N) is 2. The summed E-state index contributed by atoms with van der Waals surface area (Å²) in [5.74, 6) is -1.89. The predicted molar refractivity (Wildman–Crippen MR) is 82.6 cm³/mol. The van der Waals surface area contributed by atoms with E-state index in [2.05, 4.69) is 32.8 Å². The largest absolute Gasteiger partial charge is 0.204 e. The first-order valence-corrected chi connectivity index (χ1v) is 7.09. The molecule has 100 valence electrons. The molecule has 1 heterocycles. The van der Waals surface area contributed by atoms with E-state index >= 15 is 0 Å². The first-order chi connectivity index (χ1) is 9.56. The van der Waals surface area contributed by atoms with Crippen LogP contribution in [0, 0.1) is 15.2 Å². The molecule has 1 aromatic heterocycles. The first kappa shape index (κ1) is 13.6. The van der Waals surface area contributed by atoms with Gasteiger partial charge in [-0.2, -0.15) is 0 Å². The quantitative estimate of drug-likeness (QED) is 0.545. The van der Waals surface area contributed by atoms with E-state index in [1.54, 1.807) is 0 Å². The van der Waals surface area contributed by atoms with Gasteiger partial charge >= 0.3 is 0 Å². The Labute approximate surface area is 131 Å². The molecule has 0 fully saturated rings. The van der Waals surface area contributed by atoms with Crippen molar-refractivity contribution in [1.82, 2.24) is 10.2 Å². The van der Waals surface area contributed by atoms with E-state index < -0.39 is 11.6 Å². The van der Waals surface area contributed by atoms with Crippen molar-refractivity contribution in [3.8, 4) is 11.3 Å². The van der Waals surface area contributed by atoms with Crippen LogP contribution < -0.4 is 0 Å². The minimum Gasteiger partial charge on any atom is -0.204 e. The van der Waals surface area contributed by atoms with E-state index in [9.17, 15) is 8.78 Å². The van der Waals surface area contributed by atoms with Crippen LogP contribution >= 0.6 is 34.2 Å². The Morgan fingerprint density at radius 3 is 2.15 bits per heavy atom.